The van der Waals surface area contributed by atoms with E-state index in [2.05, 4.69) is 171 Å². The zero-order chi connectivity index (χ0) is 87.1. The van der Waals surface area contributed by atoms with Crippen molar-refractivity contribution in [1.29, 1.82) is 0 Å². The van der Waals surface area contributed by atoms with Crippen molar-refractivity contribution in [3.63, 3.8) is 0 Å². The Morgan fingerprint density at radius 2 is 0.727 bits per heavy atom. The van der Waals surface area contributed by atoms with Crippen molar-refractivity contribution in [3.8, 4) is 11.5 Å². The van der Waals surface area contributed by atoms with Gasteiger partial charge in [0.2, 0.25) is 0 Å². The molecule has 0 spiro atoms. The number of aryl methyl sites for hydroxylation is 5. The fraction of sp³-hybridized carbons (Fsp3) is 0.253. The second-order valence-electron chi connectivity index (χ2n) is 32.3. The van der Waals surface area contributed by atoms with Crippen LogP contribution in [0.25, 0.3) is 43.6 Å². The maximum Gasteiger partial charge on any atom is 0.271 e. The lowest BCUT2D eigenvalue weighted by atomic mass is 9.96. The number of nitrogens with one attached hydrogen (secondary N) is 17. The van der Waals surface area contributed by atoms with Crippen LogP contribution in [0.1, 0.15) is 126 Å². The van der Waals surface area contributed by atoms with Gasteiger partial charge in [-0.3, -0.25) is 90.2 Å². The van der Waals surface area contributed by atoms with E-state index in [1.165, 1.54) is 16.7 Å². The molecule has 37 heteroatoms. The summed E-state index contributed by atoms with van der Waals surface area (Å²) in [5.74, 6) is 10.0. The molecule has 3 aliphatic heterocycles. The number of aromatic amines is 12. The Morgan fingerprint density at radius 1 is 0.344 bits per heavy atom. The van der Waals surface area contributed by atoms with Crippen LogP contribution in [0.5, 0.6) is 11.5 Å². The highest BCUT2D eigenvalue weighted by atomic mass is 16.5. The Labute approximate surface area is 728 Å². The van der Waals surface area contributed by atoms with Gasteiger partial charge < -0.3 is 36.1 Å². The Morgan fingerprint density at radius 3 is 1.20 bits per heavy atom. The van der Waals surface area contributed by atoms with Crippen molar-refractivity contribution < 1.29 is 9.47 Å². The van der Waals surface area contributed by atoms with Gasteiger partial charge in [-0.05, 0) is 131 Å². The minimum absolute atomic E-state index is 0.104. The molecule has 6 aromatic carbocycles. The normalized spacial score (nSPS) is 13.6. The van der Waals surface area contributed by atoms with E-state index in [1.54, 1.807) is 36.4 Å². The highest BCUT2D eigenvalue weighted by Gasteiger charge is 2.28. The number of benzene rings is 6. The lowest BCUT2D eigenvalue weighted by Gasteiger charge is -2.29. The van der Waals surface area contributed by atoms with Gasteiger partial charge in [0, 0.05) is 165 Å². The zero-order valence-electron chi connectivity index (χ0n) is 70.7. The smallest absolute Gasteiger partial charge is 0.271 e. The second-order valence-corrected chi connectivity index (χ2v) is 32.3. The van der Waals surface area contributed by atoms with E-state index in [-0.39, 0.29) is 35.5 Å². The second kappa shape index (κ2) is 36.6. The van der Waals surface area contributed by atoms with Crippen molar-refractivity contribution in [3.05, 3.63) is 312 Å². The average molecular weight is 1720 g/mol. The fourth-order valence-corrected chi connectivity index (χ4v) is 16.4. The predicted octanol–water partition coefficient (Wildman–Crippen LogP) is 11.7. The van der Waals surface area contributed by atoms with Crippen molar-refractivity contribution in [1.82, 2.24) is 137 Å². The van der Waals surface area contributed by atoms with Gasteiger partial charge in [0.05, 0.1) is 60.7 Å². The molecule has 0 amide bonds. The summed E-state index contributed by atoms with van der Waals surface area (Å²) in [6, 6.07) is 50.9. The number of fused-ring (bicyclic) bond motifs is 8. The highest BCUT2D eigenvalue weighted by molar-refractivity contribution is 5.81. The summed E-state index contributed by atoms with van der Waals surface area (Å²) in [5, 5.41) is 70.2. The number of anilines is 8. The molecule has 0 bridgehead atoms. The van der Waals surface area contributed by atoms with E-state index in [0.29, 0.717) is 86.7 Å². The molecule has 648 valence electrons. The molecular formula is C91H93N31O6. The monoisotopic (exact) mass is 1720 g/mol. The maximum absolute atomic E-state index is 11.9. The van der Waals surface area contributed by atoms with Gasteiger partial charge in [-0.25, -0.2) is 39.9 Å². The number of hydrogen-bond acceptors (Lipinski definition) is 25. The Balaban J connectivity index is 0.000000112. The molecule has 0 radical (unpaired) electrons. The molecule has 17 N–H and O–H groups in total. The van der Waals surface area contributed by atoms with Crippen molar-refractivity contribution in [2.45, 2.75) is 131 Å². The molecule has 15 heterocycles. The lowest BCUT2D eigenvalue weighted by molar-refractivity contribution is 0.241. The lowest BCUT2D eigenvalue weighted by Crippen LogP contribution is -2.32. The van der Waals surface area contributed by atoms with Gasteiger partial charge in [0.1, 0.15) is 59.6 Å². The average Bonchev–Trinajstić information content (AvgIpc) is 1.12. The number of rotatable bonds is 22. The SMILES string of the molecule is Cc1cc(Nc2nc(COc3ccc4c(=O)[nH][nH]c4c3)nc3c2CN(Cc2ccccc2)CC3)n[nH]1.Cc1cc(Nc2nc(COc3ccc4c(=O)[nH][nH]c4c3)nc3c2CNCC3)n[nH]1.Cc1cc(Nc2nc(Cc3ccc4c(=O)[nH][nH]c4c3)nc3c2CCCC3)n[nH]1.Cc1cc(Nc2nc(Cc3ccc4c(=O)[nH][nH]c4c3)nc3c2CCN(Cc2ccccc2)C3)n[nH]1. The molecule has 0 fully saturated rings. The number of ether oxygens (including phenoxy) is 2. The Bertz CT molecular complexity index is 7290. The molecule has 0 saturated carbocycles. The predicted molar refractivity (Wildman–Crippen MR) is 485 cm³/mol. The van der Waals surface area contributed by atoms with Crippen LogP contribution in [0.15, 0.2) is 177 Å². The van der Waals surface area contributed by atoms with E-state index in [4.69, 9.17) is 44.4 Å². The van der Waals surface area contributed by atoms with Crippen molar-refractivity contribution >= 4 is 90.2 Å². The number of H-pyrrole nitrogens is 12. The topological polar surface area (TPSA) is 498 Å². The van der Waals surface area contributed by atoms with Gasteiger partial charge >= 0.3 is 0 Å². The van der Waals surface area contributed by atoms with E-state index < -0.39 is 0 Å². The summed E-state index contributed by atoms with van der Waals surface area (Å²) < 4.78 is 11.9. The van der Waals surface area contributed by atoms with Crippen molar-refractivity contribution in [2.24, 2.45) is 0 Å². The van der Waals surface area contributed by atoms with Gasteiger partial charge in [-0.1, -0.05) is 72.8 Å². The molecular weight excluding hydrogens is 1620 g/mol. The summed E-state index contributed by atoms with van der Waals surface area (Å²) in [6.45, 7) is 15.0. The van der Waals surface area contributed by atoms with Crippen LogP contribution in [-0.2, 0) is 90.9 Å². The van der Waals surface area contributed by atoms with Crippen molar-refractivity contribution in [2.75, 3.05) is 40.9 Å². The highest BCUT2D eigenvalue weighted by Crippen LogP contribution is 2.34. The summed E-state index contributed by atoms with van der Waals surface area (Å²) in [5.41, 5.74) is 19.7. The first-order valence-electron chi connectivity index (χ1n) is 42.5. The number of aromatic nitrogens is 24. The first-order valence-corrected chi connectivity index (χ1v) is 42.5. The Hall–Kier alpha value is -15.8. The van der Waals surface area contributed by atoms with Crippen LogP contribution < -0.4 is 58.3 Å². The Kier molecular flexibility index (Phi) is 23.4. The standard InChI is InChI=1S/C26H26N8O2.C26H26N8O.C20H21N7O.C19H20N8O2/c1-16-11-23(32-30-16)28-25-20-14-34(13-17-5-3-2-4-6-17)10-9-21(20)27-24(29-25)15-36-18-7-8-19-22(12-18)31-33-26(19)35;1-16-11-24(32-30-16)29-25-19-9-10-34(14-17-5-3-2-4-6-17)15-22(19)27-23(28-25)13-18-7-8-20-21(12-18)31-33-26(20)35;1-11-8-18(26-24-11)23-19-13-4-2-3-5-15(13)21-17(22-19)10-12-6-7-14-16(9-12)25-27-20(14)28;1-10-6-16(26-24-10)22-18-13-8-20-5-4-14(13)21-17(23-18)9-29-11-2-3-12-15(7-11)25-27-19(12)28/h2-8,11-12H,9-10,13-15H2,1H3,(H2,31,33,35)(H2,27,28,29,30,32);2-8,11-12H,9-10,13-15H2,1H3,(H2,31,33,35)(H2,27,28,29,30,32);6-9H,2-5,10H2,1H3,(H2,25,27,28)(H2,21,22,23,24,26);2-3,6-7,20H,4-5,8-9H2,1H3,(H2,25,27,28)(H2,21,22,23,24,26). The minimum Gasteiger partial charge on any atom is -0.486 e. The largest absolute Gasteiger partial charge is 0.486 e. The molecule has 0 unspecified atom stereocenters. The number of hydrogen-bond donors (Lipinski definition) is 17. The first-order chi connectivity index (χ1) is 62.5. The van der Waals surface area contributed by atoms with Crippen LogP contribution in [0.4, 0.5) is 46.5 Å². The third kappa shape index (κ3) is 19.1. The third-order valence-electron chi connectivity index (χ3n) is 22.7. The first kappa shape index (κ1) is 81.9. The van der Waals surface area contributed by atoms with E-state index in [1.807, 2.05) is 100 Å². The molecule has 4 aliphatic rings. The maximum atomic E-state index is 11.9. The van der Waals surface area contributed by atoms with Gasteiger partial charge in [-0.15, -0.1) is 0 Å². The molecule has 37 nitrogen and oxygen atoms in total. The van der Waals surface area contributed by atoms with Gasteiger partial charge in [-0.2, -0.15) is 20.4 Å². The quantitative estimate of drug-likeness (QED) is 0.0300. The van der Waals surface area contributed by atoms with Crippen LogP contribution in [0.3, 0.4) is 0 Å². The third-order valence-corrected chi connectivity index (χ3v) is 22.7. The molecule has 12 aromatic heterocycles. The molecule has 1 aliphatic carbocycles. The molecule has 0 atom stereocenters. The van der Waals surface area contributed by atoms with E-state index in [9.17, 15) is 19.2 Å². The summed E-state index contributed by atoms with van der Waals surface area (Å²) in [7, 11) is 0. The molecule has 128 heavy (non-hydrogen) atoms. The van der Waals surface area contributed by atoms with Gasteiger partial charge in [0.15, 0.2) is 34.9 Å². The molecule has 18 aromatic rings. The van der Waals surface area contributed by atoms with Crippen LogP contribution >= 0.6 is 0 Å². The van der Waals surface area contributed by atoms with Crippen LogP contribution in [0, 0.1) is 27.7 Å². The summed E-state index contributed by atoms with van der Waals surface area (Å²) in [6.07, 6.45) is 7.95. The van der Waals surface area contributed by atoms with Gasteiger partial charge in [0.25, 0.3) is 22.2 Å². The molecule has 22 rings (SSSR count). The fourth-order valence-electron chi connectivity index (χ4n) is 16.4. The summed E-state index contributed by atoms with van der Waals surface area (Å²) in [4.78, 5) is 90.4. The van der Waals surface area contributed by atoms with Crippen LogP contribution in [-0.4, -0.2) is 151 Å². The van der Waals surface area contributed by atoms with E-state index >= 15 is 0 Å². The summed E-state index contributed by atoms with van der Waals surface area (Å²) >= 11 is 0. The zero-order valence-corrected chi connectivity index (χ0v) is 70.7. The van der Waals surface area contributed by atoms with E-state index in [0.717, 1.165) is 222 Å². The number of nitrogens with zero attached hydrogens (tertiary/aromatic N) is 14. The molecule has 0 saturated heterocycles. The van der Waals surface area contributed by atoms with Crippen LogP contribution in [0.2, 0.25) is 0 Å². The minimum atomic E-state index is -0.153.